The zero-order valence-corrected chi connectivity index (χ0v) is 20.1. The van der Waals surface area contributed by atoms with E-state index in [4.69, 9.17) is 9.15 Å². The van der Waals surface area contributed by atoms with Crippen LogP contribution in [0.5, 0.6) is 0 Å². The summed E-state index contributed by atoms with van der Waals surface area (Å²) in [5, 5.41) is 0.652. The van der Waals surface area contributed by atoms with Gasteiger partial charge in [0.1, 0.15) is 11.2 Å². The molecule has 0 aliphatic carbocycles. The summed E-state index contributed by atoms with van der Waals surface area (Å²) >= 11 is 0. The lowest BCUT2D eigenvalue weighted by atomic mass is 10.2. The Hall–Kier alpha value is -3.20. The fourth-order valence-electron chi connectivity index (χ4n) is 3.71. The lowest BCUT2D eigenvalue weighted by Crippen LogP contribution is -2.50. The number of hydrogen-bond donors (Lipinski definition) is 0. The molecule has 0 radical (unpaired) electrons. The van der Waals surface area contributed by atoms with E-state index in [0.29, 0.717) is 37.4 Å². The highest BCUT2D eigenvalue weighted by molar-refractivity contribution is 7.92. The van der Waals surface area contributed by atoms with Gasteiger partial charge in [-0.25, -0.2) is 4.79 Å². The lowest BCUT2D eigenvalue weighted by Gasteiger charge is -2.36. The Morgan fingerprint density at radius 1 is 1.00 bits per heavy atom. The van der Waals surface area contributed by atoms with E-state index in [1.807, 2.05) is 45.0 Å². The third-order valence-corrected chi connectivity index (χ3v) is 7.17. The molecule has 2 heterocycles. The van der Waals surface area contributed by atoms with E-state index in [0.717, 1.165) is 11.1 Å². The molecule has 0 saturated carbocycles. The van der Waals surface area contributed by atoms with Crippen LogP contribution in [0, 0.1) is 0 Å². The van der Waals surface area contributed by atoms with Crippen molar-refractivity contribution in [2.75, 3.05) is 42.4 Å². The highest BCUT2D eigenvalue weighted by atomic mass is 32.2. The van der Waals surface area contributed by atoms with Crippen molar-refractivity contribution >= 4 is 38.5 Å². The van der Waals surface area contributed by atoms with Crippen molar-refractivity contribution in [1.29, 1.82) is 0 Å². The SMILES string of the molecule is CN(c1ccc(N2CCN(C(=O)OC(C)(C)C)CC2)cc1)S(=O)(=O)c1cc2ccccc2o1. The maximum atomic E-state index is 13.1. The van der Waals surface area contributed by atoms with E-state index < -0.39 is 15.6 Å². The molecule has 1 amide bonds. The van der Waals surface area contributed by atoms with Crippen LogP contribution in [0.15, 0.2) is 64.1 Å². The number of rotatable bonds is 4. The molecule has 1 aromatic heterocycles. The zero-order chi connectivity index (χ0) is 23.8. The van der Waals surface area contributed by atoms with Crippen LogP contribution >= 0.6 is 0 Å². The van der Waals surface area contributed by atoms with Gasteiger partial charge in [0.05, 0.1) is 5.69 Å². The molecule has 1 saturated heterocycles. The van der Waals surface area contributed by atoms with Crippen LogP contribution in [-0.2, 0) is 14.8 Å². The van der Waals surface area contributed by atoms with Gasteiger partial charge in [0.25, 0.3) is 10.0 Å². The second kappa shape index (κ2) is 8.62. The standard InChI is InChI=1S/C24H29N3O5S/c1-24(2,3)32-23(28)27-15-13-26(14-16-27)20-11-9-19(10-12-20)25(4)33(29,30)22-17-18-7-5-6-8-21(18)31-22/h5-12,17H,13-16H2,1-4H3. The number of anilines is 2. The Balaban J connectivity index is 1.42. The minimum atomic E-state index is -3.83. The third kappa shape index (κ3) is 4.93. The summed E-state index contributed by atoms with van der Waals surface area (Å²) < 4.78 is 38.4. The van der Waals surface area contributed by atoms with Crippen molar-refractivity contribution in [3.05, 3.63) is 54.6 Å². The van der Waals surface area contributed by atoms with Crippen LogP contribution in [0.25, 0.3) is 11.0 Å². The number of amides is 1. The van der Waals surface area contributed by atoms with E-state index >= 15 is 0 Å². The number of carbonyl (C=O) groups is 1. The van der Waals surface area contributed by atoms with Crippen LogP contribution in [0.3, 0.4) is 0 Å². The predicted molar refractivity (Wildman–Crippen MR) is 128 cm³/mol. The fourth-order valence-corrected chi connectivity index (χ4v) is 4.85. The van der Waals surface area contributed by atoms with Crippen molar-refractivity contribution in [3.8, 4) is 0 Å². The largest absolute Gasteiger partial charge is 0.444 e. The van der Waals surface area contributed by atoms with Gasteiger partial charge in [-0.15, -0.1) is 0 Å². The van der Waals surface area contributed by atoms with E-state index in [-0.39, 0.29) is 11.2 Å². The van der Waals surface area contributed by atoms with E-state index in [9.17, 15) is 13.2 Å². The molecule has 3 aromatic rings. The molecular weight excluding hydrogens is 442 g/mol. The summed E-state index contributed by atoms with van der Waals surface area (Å²) in [6, 6.07) is 16.1. The van der Waals surface area contributed by atoms with E-state index in [2.05, 4.69) is 4.90 Å². The molecule has 33 heavy (non-hydrogen) atoms. The number of nitrogens with zero attached hydrogens (tertiary/aromatic N) is 3. The first kappa shape index (κ1) is 23.0. The molecular formula is C24H29N3O5S. The van der Waals surface area contributed by atoms with Gasteiger partial charge in [0, 0.05) is 50.4 Å². The molecule has 8 nitrogen and oxygen atoms in total. The highest BCUT2D eigenvalue weighted by Crippen LogP contribution is 2.29. The minimum absolute atomic E-state index is 0.0893. The lowest BCUT2D eigenvalue weighted by molar-refractivity contribution is 0.0240. The topological polar surface area (TPSA) is 83.3 Å². The molecule has 2 aromatic carbocycles. The molecule has 4 rings (SSSR count). The van der Waals surface area contributed by atoms with Crippen molar-refractivity contribution in [2.45, 2.75) is 31.5 Å². The molecule has 0 atom stereocenters. The maximum absolute atomic E-state index is 13.1. The molecule has 0 N–H and O–H groups in total. The number of sulfonamides is 1. The minimum Gasteiger partial charge on any atom is -0.444 e. The van der Waals surface area contributed by atoms with Crippen LogP contribution in [0.1, 0.15) is 20.8 Å². The quantitative estimate of drug-likeness (QED) is 0.564. The molecule has 0 bridgehead atoms. The van der Waals surface area contributed by atoms with E-state index in [1.54, 1.807) is 35.2 Å². The van der Waals surface area contributed by atoms with Gasteiger partial charge in [-0.05, 0) is 51.1 Å². The highest BCUT2D eigenvalue weighted by Gasteiger charge is 2.27. The Labute approximate surface area is 194 Å². The van der Waals surface area contributed by atoms with Crippen molar-refractivity contribution < 1.29 is 22.4 Å². The molecule has 1 fully saturated rings. The number of para-hydroxylation sites is 1. The van der Waals surface area contributed by atoms with Gasteiger partial charge in [0.15, 0.2) is 0 Å². The molecule has 0 unspecified atom stereocenters. The monoisotopic (exact) mass is 471 g/mol. The first-order valence-corrected chi connectivity index (χ1v) is 12.3. The van der Waals surface area contributed by atoms with Gasteiger partial charge in [0.2, 0.25) is 5.09 Å². The predicted octanol–water partition coefficient (Wildman–Crippen LogP) is 4.32. The Kier molecular flexibility index (Phi) is 6.00. The number of furan rings is 1. The van der Waals surface area contributed by atoms with Crippen molar-refractivity contribution in [1.82, 2.24) is 4.90 Å². The summed E-state index contributed by atoms with van der Waals surface area (Å²) in [6.45, 7) is 8.04. The number of piperazine rings is 1. The van der Waals surface area contributed by atoms with Gasteiger partial charge in [-0.1, -0.05) is 18.2 Å². The van der Waals surface area contributed by atoms with E-state index in [1.165, 1.54) is 11.4 Å². The maximum Gasteiger partial charge on any atom is 0.410 e. The Bertz CT molecular complexity index is 1200. The number of fused-ring (bicyclic) bond motifs is 1. The summed E-state index contributed by atoms with van der Waals surface area (Å²) in [6.07, 6.45) is -0.296. The number of benzene rings is 2. The van der Waals surface area contributed by atoms with Crippen molar-refractivity contribution in [3.63, 3.8) is 0 Å². The van der Waals surface area contributed by atoms with Gasteiger partial charge in [-0.2, -0.15) is 8.42 Å². The number of hydrogen-bond acceptors (Lipinski definition) is 6. The Morgan fingerprint density at radius 2 is 1.64 bits per heavy atom. The average Bonchev–Trinajstić information content (AvgIpc) is 3.23. The third-order valence-electron chi connectivity index (χ3n) is 5.53. The number of carbonyl (C=O) groups excluding carboxylic acids is 1. The first-order chi connectivity index (χ1) is 15.5. The van der Waals surface area contributed by atoms with Crippen LogP contribution in [0.4, 0.5) is 16.2 Å². The first-order valence-electron chi connectivity index (χ1n) is 10.8. The molecule has 1 aliphatic rings. The van der Waals surface area contributed by atoms with Gasteiger partial charge in [-0.3, -0.25) is 4.31 Å². The summed E-state index contributed by atoms with van der Waals surface area (Å²) in [5.74, 6) is 0. The summed E-state index contributed by atoms with van der Waals surface area (Å²) in [7, 11) is -2.32. The van der Waals surface area contributed by atoms with Gasteiger partial charge < -0.3 is 19.0 Å². The van der Waals surface area contributed by atoms with Gasteiger partial charge >= 0.3 is 6.09 Å². The van der Waals surface area contributed by atoms with Crippen LogP contribution < -0.4 is 9.21 Å². The van der Waals surface area contributed by atoms with Crippen LogP contribution in [0.2, 0.25) is 0 Å². The summed E-state index contributed by atoms with van der Waals surface area (Å²) in [4.78, 5) is 16.1. The zero-order valence-electron chi connectivity index (χ0n) is 19.3. The second-order valence-electron chi connectivity index (χ2n) is 9.05. The van der Waals surface area contributed by atoms with Crippen LogP contribution in [-0.4, -0.2) is 58.2 Å². The van der Waals surface area contributed by atoms with Crippen molar-refractivity contribution in [2.24, 2.45) is 0 Å². The molecule has 1 aliphatic heterocycles. The summed E-state index contributed by atoms with van der Waals surface area (Å²) in [5.41, 5.74) is 1.52. The normalized spacial score (nSPS) is 15.0. The molecule has 9 heteroatoms. The molecule has 0 spiro atoms. The smallest absolute Gasteiger partial charge is 0.410 e. The Morgan fingerprint density at radius 3 is 2.24 bits per heavy atom. The molecule has 176 valence electrons. The number of ether oxygens (including phenoxy) is 1. The average molecular weight is 472 g/mol. The second-order valence-corrected chi connectivity index (χ2v) is 10.9. The fraction of sp³-hybridized carbons (Fsp3) is 0.375.